The summed E-state index contributed by atoms with van der Waals surface area (Å²) in [7, 11) is 0. The first-order chi connectivity index (χ1) is 13.6. The van der Waals surface area contributed by atoms with Gasteiger partial charge in [0.1, 0.15) is 5.82 Å². The van der Waals surface area contributed by atoms with Crippen LogP contribution in [0, 0.1) is 5.82 Å². The zero-order valence-corrected chi connectivity index (χ0v) is 16.6. The largest absolute Gasteiger partial charge is 0.352 e. The van der Waals surface area contributed by atoms with E-state index < -0.39 is 0 Å². The van der Waals surface area contributed by atoms with Crippen LogP contribution in [0.1, 0.15) is 10.4 Å². The van der Waals surface area contributed by atoms with E-state index >= 15 is 0 Å². The van der Waals surface area contributed by atoms with E-state index in [-0.39, 0.29) is 11.7 Å². The predicted molar refractivity (Wildman–Crippen MR) is 110 cm³/mol. The molecule has 0 atom stereocenters. The molecule has 7 heteroatoms. The summed E-state index contributed by atoms with van der Waals surface area (Å²) < 4.78 is 13.9. The van der Waals surface area contributed by atoms with Crippen molar-refractivity contribution >= 4 is 27.7 Å². The van der Waals surface area contributed by atoms with Crippen LogP contribution >= 0.6 is 15.9 Å². The SMILES string of the molecule is O=C(c1cccc(Br)c1)N1CCN(c2ccc(-c3ccc(F)cc3)nn2)CC1. The zero-order valence-electron chi connectivity index (χ0n) is 15.1. The van der Waals surface area contributed by atoms with Crippen LogP contribution in [0.15, 0.2) is 65.1 Å². The molecule has 0 spiro atoms. The first kappa shape index (κ1) is 18.6. The number of nitrogens with zero attached hydrogens (tertiary/aromatic N) is 4. The van der Waals surface area contributed by atoms with E-state index in [2.05, 4.69) is 31.0 Å². The van der Waals surface area contributed by atoms with Crippen molar-refractivity contribution in [3.05, 3.63) is 76.5 Å². The Labute approximate surface area is 170 Å². The highest BCUT2D eigenvalue weighted by molar-refractivity contribution is 9.10. The molecular formula is C21H18BrFN4O. The van der Waals surface area contributed by atoms with Gasteiger partial charge in [-0.25, -0.2) is 4.39 Å². The van der Waals surface area contributed by atoms with Gasteiger partial charge in [-0.2, -0.15) is 0 Å². The predicted octanol–water partition coefficient (Wildman–Crippen LogP) is 4.01. The lowest BCUT2D eigenvalue weighted by Crippen LogP contribution is -2.49. The van der Waals surface area contributed by atoms with Crippen molar-refractivity contribution < 1.29 is 9.18 Å². The van der Waals surface area contributed by atoms with Crippen LogP contribution in [-0.4, -0.2) is 47.2 Å². The van der Waals surface area contributed by atoms with Crippen LogP contribution < -0.4 is 4.90 Å². The van der Waals surface area contributed by atoms with E-state index in [9.17, 15) is 9.18 Å². The molecule has 1 aliphatic heterocycles. The topological polar surface area (TPSA) is 49.3 Å². The number of carbonyl (C=O) groups excluding carboxylic acids is 1. The molecule has 1 amide bonds. The molecule has 0 saturated carbocycles. The van der Waals surface area contributed by atoms with Gasteiger partial charge in [0.05, 0.1) is 5.69 Å². The summed E-state index contributed by atoms with van der Waals surface area (Å²) in [6.07, 6.45) is 0. The van der Waals surface area contributed by atoms with Crippen molar-refractivity contribution in [1.82, 2.24) is 15.1 Å². The fourth-order valence-corrected chi connectivity index (χ4v) is 3.61. The molecule has 0 bridgehead atoms. The van der Waals surface area contributed by atoms with E-state index in [0.717, 1.165) is 15.9 Å². The Kier molecular flexibility index (Phi) is 5.34. The lowest BCUT2D eigenvalue weighted by molar-refractivity contribution is 0.0746. The maximum absolute atomic E-state index is 13.1. The van der Waals surface area contributed by atoms with Gasteiger partial charge in [-0.05, 0) is 54.6 Å². The number of anilines is 1. The molecule has 1 aromatic heterocycles. The quantitative estimate of drug-likeness (QED) is 0.617. The third-order valence-electron chi connectivity index (χ3n) is 4.75. The lowest BCUT2D eigenvalue weighted by atomic mass is 10.1. The molecule has 2 heterocycles. The van der Waals surface area contributed by atoms with Crippen LogP contribution in [-0.2, 0) is 0 Å². The first-order valence-electron chi connectivity index (χ1n) is 8.99. The number of hydrogen-bond acceptors (Lipinski definition) is 4. The Morgan fingerprint density at radius 3 is 2.32 bits per heavy atom. The van der Waals surface area contributed by atoms with Gasteiger partial charge in [0.15, 0.2) is 5.82 Å². The number of benzene rings is 2. The number of rotatable bonds is 3. The smallest absolute Gasteiger partial charge is 0.254 e. The maximum atomic E-state index is 13.1. The molecule has 28 heavy (non-hydrogen) atoms. The molecule has 0 unspecified atom stereocenters. The summed E-state index contributed by atoms with van der Waals surface area (Å²) in [6, 6.07) is 17.4. The minimum Gasteiger partial charge on any atom is -0.352 e. The number of aromatic nitrogens is 2. The van der Waals surface area contributed by atoms with E-state index in [4.69, 9.17) is 0 Å². The van der Waals surface area contributed by atoms with Crippen molar-refractivity contribution in [3.8, 4) is 11.3 Å². The van der Waals surface area contributed by atoms with Crippen LogP contribution in [0.5, 0.6) is 0 Å². The average Bonchev–Trinajstić information content (AvgIpc) is 2.74. The highest BCUT2D eigenvalue weighted by Gasteiger charge is 2.23. The van der Waals surface area contributed by atoms with Crippen molar-refractivity contribution in [1.29, 1.82) is 0 Å². The summed E-state index contributed by atoms with van der Waals surface area (Å²) in [4.78, 5) is 16.6. The van der Waals surface area contributed by atoms with Crippen molar-refractivity contribution in [2.45, 2.75) is 0 Å². The van der Waals surface area contributed by atoms with Gasteiger partial charge in [-0.3, -0.25) is 4.79 Å². The molecule has 0 radical (unpaired) electrons. The van der Waals surface area contributed by atoms with Crippen molar-refractivity contribution in [2.75, 3.05) is 31.1 Å². The van der Waals surface area contributed by atoms with Gasteiger partial charge < -0.3 is 9.80 Å². The van der Waals surface area contributed by atoms with Crippen molar-refractivity contribution in [2.24, 2.45) is 0 Å². The van der Waals surface area contributed by atoms with Gasteiger partial charge in [0, 0.05) is 41.8 Å². The molecule has 3 aromatic rings. The Balaban J connectivity index is 1.39. The Bertz CT molecular complexity index is 970. The molecule has 2 aromatic carbocycles. The van der Waals surface area contributed by atoms with Crippen LogP contribution in [0.2, 0.25) is 0 Å². The number of hydrogen-bond donors (Lipinski definition) is 0. The Morgan fingerprint density at radius 2 is 1.68 bits per heavy atom. The molecule has 1 aliphatic rings. The first-order valence-corrected chi connectivity index (χ1v) is 9.79. The van der Waals surface area contributed by atoms with E-state index in [1.165, 1.54) is 12.1 Å². The third kappa shape index (κ3) is 4.04. The molecule has 0 aliphatic carbocycles. The average molecular weight is 441 g/mol. The second-order valence-electron chi connectivity index (χ2n) is 6.57. The monoisotopic (exact) mass is 440 g/mol. The van der Waals surface area contributed by atoms with Gasteiger partial charge in [0.25, 0.3) is 5.91 Å². The van der Waals surface area contributed by atoms with Crippen LogP contribution in [0.3, 0.4) is 0 Å². The van der Waals surface area contributed by atoms with Crippen LogP contribution in [0.4, 0.5) is 10.2 Å². The Hall–Kier alpha value is -2.80. The second-order valence-corrected chi connectivity index (χ2v) is 7.49. The maximum Gasteiger partial charge on any atom is 0.254 e. The molecular weight excluding hydrogens is 423 g/mol. The van der Waals surface area contributed by atoms with Gasteiger partial charge in [0.2, 0.25) is 0 Å². The normalized spacial score (nSPS) is 14.2. The number of piperazine rings is 1. The highest BCUT2D eigenvalue weighted by atomic mass is 79.9. The lowest BCUT2D eigenvalue weighted by Gasteiger charge is -2.35. The molecule has 4 rings (SSSR count). The minimum absolute atomic E-state index is 0.0405. The molecule has 1 saturated heterocycles. The molecule has 1 fully saturated rings. The summed E-state index contributed by atoms with van der Waals surface area (Å²) in [6.45, 7) is 2.66. The summed E-state index contributed by atoms with van der Waals surface area (Å²) in [5, 5.41) is 8.58. The summed E-state index contributed by atoms with van der Waals surface area (Å²) >= 11 is 3.41. The number of carbonyl (C=O) groups is 1. The fraction of sp³-hybridized carbons (Fsp3) is 0.190. The molecule has 0 N–H and O–H groups in total. The number of halogens is 2. The Morgan fingerprint density at radius 1 is 0.929 bits per heavy atom. The second kappa shape index (κ2) is 8.06. The third-order valence-corrected chi connectivity index (χ3v) is 5.25. The molecule has 5 nitrogen and oxygen atoms in total. The van der Waals surface area contributed by atoms with E-state index in [0.29, 0.717) is 37.4 Å². The highest BCUT2D eigenvalue weighted by Crippen LogP contribution is 2.20. The number of amides is 1. The standard InChI is InChI=1S/C21H18BrFN4O/c22-17-3-1-2-16(14-17)21(28)27-12-10-26(11-13-27)20-9-8-19(24-25-20)15-4-6-18(23)7-5-15/h1-9,14H,10-13H2. The van der Waals surface area contributed by atoms with E-state index in [1.54, 1.807) is 12.1 Å². The fourth-order valence-electron chi connectivity index (χ4n) is 3.21. The van der Waals surface area contributed by atoms with Gasteiger partial charge in [-0.1, -0.05) is 22.0 Å². The van der Waals surface area contributed by atoms with Gasteiger partial charge >= 0.3 is 0 Å². The minimum atomic E-state index is -0.274. The van der Waals surface area contributed by atoms with E-state index in [1.807, 2.05) is 41.3 Å². The zero-order chi connectivity index (χ0) is 19.5. The van der Waals surface area contributed by atoms with Crippen LogP contribution in [0.25, 0.3) is 11.3 Å². The molecule has 142 valence electrons. The summed E-state index contributed by atoms with van der Waals surface area (Å²) in [5.41, 5.74) is 2.21. The van der Waals surface area contributed by atoms with Gasteiger partial charge in [-0.15, -0.1) is 10.2 Å². The summed E-state index contributed by atoms with van der Waals surface area (Å²) in [5.74, 6) is 0.544. The van der Waals surface area contributed by atoms with Crippen molar-refractivity contribution in [3.63, 3.8) is 0 Å².